The second-order valence-corrected chi connectivity index (χ2v) is 22.2. The van der Waals surface area contributed by atoms with E-state index < -0.39 is 5.41 Å². The zero-order valence-electron chi connectivity index (χ0n) is 44.2. The highest BCUT2D eigenvalue weighted by Gasteiger charge is 2.52. The summed E-state index contributed by atoms with van der Waals surface area (Å²) in [4.78, 5) is 2.47. The molecule has 1 heterocycles. The van der Waals surface area contributed by atoms with Gasteiger partial charge in [-0.25, -0.2) is 0 Å². The number of nitrogens with zero attached hydrogens (tertiary/aromatic N) is 2. The van der Waals surface area contributed by atoms with Crippen LogP contribution in [0.2, 0.25) is 0 Å². The molecule has 0 bridgehead atoms. The Morgan fingerprint density at radius 2 is 0.844 bits per heavy atom. The number of fused-ring (bicyclic) bond motifs is 13. The summed E-state index contributed by atoms with van der Waals surface area (Å²) in [6, 6.07) is 97.9. The molecular weight excluding hydrogens is 929 g/mol. The summed E-state index contributed by atoms with van der Waals surface area (Å²) in [6.07, 6.45) is 1.19. The summed E-state index contributed by atoms with van der Waals surface area (Å²) in [5.74, 6) is 1.76. The maximum absolute atomic E-state index is 2.52. The fourth-order valence-electron chi connectivity index (χ4n) is 13.4. The van der Waals surface area contributed by atoms with Crippen molar-refractivity contribution in [1.29, 1.82) is 0 Å². The Labute approximate surface area is 453 Å². The monoisotopic (exact) mass is 988 g/mol. The summed E-state index contributed by atoms with van der Waals surface area (Å²) in [5, 5.41) is 2.50. The highest BCUT2D eigenvalue weighted by molar-refractivity contribution is 6.10. The Morgan fingerprint density at radius 3 is 1.56 bits per heavy atom. The van der Waals surface area contributed by atoms with E-state index in [0.29, 0.717) is 17.8 Å². The average Bonchev–Trinajstić information content (AvgIpc) is 4.00. The Morgan fingerprint density at radius 1 is 0.351 bits per heavy atom. The highest BCUT2D eigenvalue weighted by Crippen LogP contribution is 2.64. The van der Waals surface area contributed by atoms with E-state index in [2.05, 4.69) is 298 Å². The minimum absolute atomic E-state index is 0.537. The minimum atomic E-state index is -0.541. The number of hydrogen-bond donors (Lipinski definition) is 0. The first-order valence-corrected chi connectivity index (χ1v) is 27.6. The quantitative estimate of drug-likeness (QED) is 0.125. The zero-order valence-corrected chi connectivity index (χ0v) is 44.2. The minimum Gasteiger partial charge on any atom is -0.310 e. The maximum atomic E-state index is 2.52. The Kier molecular flexibility index (Phi) is 11.3. The van der Waals surface area contributed by atoms with Crippen molar-refractivity contribution >= 4 is 38.9 Å². The van der Waals surface area contributed by atoms with Crippen molar-refractivity contribution in [2.75, 3.05) is 4.90 Å². The first-order chi connectivity index (χ1) is 37.8. The van der Waals surface area contributed by atoms with E-state index in [1.807, 2.05) is 0 Å². The summed E-state index contributed by atoms with van der Waals surface area (Å²) in [6.45, 7) is 9.43. The molecule has 2 atom stereocenters. The Hall–Kier alpha value is -8.98. The number of anilines is 3. The van der Waals surface area contributed by atoms with Gasteiger partial charge in [0.1, 0.15) is 0 Å². The van der Waals surface area contributed by atoms with Crippen molar-refractivity contribution in [2.24, 2.45) is 11.8 Å². The molecule has 2 heteroatoms. The van der Waals surface area contributed by atoms with Gasteiger partial charge < -0.3 is 9.47 Å². The molecule has 0 fully saturated rings. The van der Waals surface area contributed by atoms with E-state index >= 15 is 0 Å². The SMILES string of the molecule is CC(C)CC(c1ccc(-c2ccc3c(c2)C2(c4ccccc4-3)c3ccccc3-c3ccc(N(c4ccc(-c5ccccc5)cc4)c4cccc(-c5ccc6c7ccccc7n(-c7ccccc7)c6c5)c4)cc32)cc1)C(C)C. The third-order valence-electron chi connectivity index (χ3n) is 16.9. The van der Waals surface area contributed by atoms with Crippen LogP contribution < -0.4 is 4.90 Å². The van der Waals surface area contributed by atoms with Crippen LogP contribution in [0.4, 0.5) is 17.1 Å². The van der Waals surface area contributed by atoms with Gasteiger partial charge in [0, 0.05) is 33.5 Å². The lowest BCUT2D eigenvalue weighted by Gasteiger charge is -2.32. The van der Waals surface area contributed by atoms with Crippen LogP contribution in [0, 0.1) is 11.8 Å². The van der Waals surface area contributed by atoms with Crippen LogP contribution in [0.15, 0.2) is 261 Å². The molecule has 2 aliphatic carbocycles. The lowest BCUT2D eigenvalue weighted by Crippen LogP contribution is -2.26. The van der Waals surface area contributed by atoms with Crippen molar-refractivity contribution < 1.29 is 0 Å². The van der Waals surface area contributed by atoms with Crippen LogP contribution in [0.5, 0.6) is 0 Å². The van der Waals surface area contributed by atoms with Gasteiger partial charge in [-0.15, -0.1) is 0 Å². The van der Waals surface area contributed by atoms with E-state index in [-0.39, 0.29) is 0 Å². The molecule has 0 saturated carbocycles. The molecule has 2 aliphatic rings. The van der Waals surface area contributed by atoms with Gasteiger partial charge in [0.25, 0.3) is 0 Å². The third-order valence-corrected chi connectivity index (χ3v) is 16.9. The van der Waals surface area contributed by atoms with Crippen molar-refractivity contribution in [1.82, 2.24) is 4.57 Å². The molecule has 0 aliphatic heterocycles. The van der Waals surface area contributed by atoms with Crippen molar-refractivity contribution in [3.63, 3.8) is 0 Å². The summed E-state index contributed by atoms with van der Waals surface area (Å²) in [5.41, 5.74) is 25.4. The molecule has 0 saturated heterocycles. The first kappa shape index (κ1) is 46.5. The Bertz CT molecular complexity index is 4170. The number of hydrogen-bond acceptors (Lipinski definition) is 1. The van der Waals surface area contributed by atoms with Gasteiger partial charge in [0.15, 0.2) is 0 Å². The first-order valence-electron chi connectivity index (χ1n) is 27.6. The predicted octanol–water partition coefficient (Wildman–Crippen LogP) is 20.4. The van der Waals surface area contributed by atoms with Crippen LogP contribution in [0.1, 0.15) is 67.9 Å². The zero-order chi connectivity index (χ0) is 51.8. The molecule has 14 rings (SSSR count). The van der Waals surface area contributed by atoms with Crippen LogP contribution in [-0.4, -0.2) is 4.57 Å². The lowest BCUT2D eigenvalue weighted by molar-refractivity contribution is 0.408. The second-order valence-electron chi connectivity index (χ2n) is 22.2. The summed E-state index contributed by atoms with van der Waals surface area (Å²) in [7, 11) is 0. The van der Waals surface area contributed by atoms with E-state index in [1.54, 1.807) is 0 Å². The summed E-state index contributed by atoms with van der Waals surface area (Å²) < 4.78 is 2.41. The van der Waals surface area contributed by atoms with Crippen LogP contribution in [-0.2, 0) is 5.41 Å². The van der Waals surface area contributed by atoms with E-state index in [9.17, 15) is 0 Å². The van der Waals surface area contributed by atoms with Crippen LogP contribution >= 0.6 is 0 Å². The largest absolute Gasteiger partial charge is 0.310 e. The van der Waals surface area contributed by atoms with E-state index in [1.165, 1.54) is 106 Å². The van der Waals surface area contributed by atoms with Gasteiger partial charge in [-0.2, -0.15) is 0 Å². The molecule has 2 nitrogen and oxygen atoms in total. The smallest absolute Gasteiger partial charge is 0.0726 e. The molecule has 2 unspecified atom stereocenters. The fourth-order valence-corrected chi connectivity index (χ4v) is 13.4. The van der Waals surface area contributed by atoms with Gasteiger partial charge >= 0.3 is 0 Å². The van der Waals surface area contributed by atoms with Crippen LogP contribution in [0.25, 0.3) is 83.1 Å². The summed E-state index contributed by atoms with van der Waals surface area (Å²) >= 11 is 0. The molecule has 1 aromatic heterocycles. The maximum Gasteiger partial charge on any atom is 0.0726 e. The standard InChI is InChI=1S/C75H60N2/c1-49(2)44-68(50(3)4)54-32-30-53(31-33-54)56-36-41-64-62-24-11-14-27-69(62)75(71(64)46-56)70-28-15-12-25-63(70)65-43-40-61(48-72(65)75)76(59-38-34-52(35-39-59)51-18-7-5-8-19-51)60-23-17-20-55(45-60)57-37-42-67-66-26-13-16-29-73(66)77(74(67)47-57)58-21-9-6-10-22-58/h5-43,45-50,68H,44H2,1-4H3. The molecule has 370 valence electrons. The van der Waals surface area contributed by atoms with Gasteiger partial charge in [-0.05, 0) is 174 Å². The van der Waals surface area contributed by atoms with E-state index in [0.717, 1.165) is 28.3 Å². The van der Waals surface area contributed by atoms with Crippen molar-refractivity contribution in [2.45, 2.75) is 45.4 Å². The number of aromatic nitrogens is 1. The molecule has 1 spiro atoms. The third kappa shape index (κ3) is 7.60. The highest BCUT2D eigenvalue weighted by atomic mass is 15.1. The van der Waals surface area contributed by atoms with Crippen LogP contribution in [0.3, 0.4) is 0 Å². The topological polar surface area (TPSA) is 8.17 Å². The molecule has 11 aromatic carbocycles. The van der Waals surface area contributed by atoms with E-state index in [4.69, 9.17) is 0 Å². The number of para-hydroxylation sites is 2. The van der Waals surface area contributed by atoms with Gasteiger partial charge in [0.05, 0.1) is 16.4 Å². The fraction of sp³-hybridized carbons (Fsp3) is 0.120. The lowest BCUT2D eigenvalue weighted by atomic mass is 9.70. The normalized spacial score (nSPS) is 14.5. The van der Waals surface area contributed by atoms with Crippen molar-refractivity contribution in [3.05, 3.63) is 289 Å². The van der Waals surface area contributed by atoms with Crippen molar-refractivity contribution in [3.8, 4) is 61.3 Å². The second kappa shape index (κ2) is 18.7. The molecule has 12 aromatic rings. The Balaban J connectivity index is 0.942. The van der Waals surface area contributed by atoms with Gasteiger partial charge in [-0.3, -0.25) is 0 Å². The molecule has 0 N–H and O–H groups in total. The number of rotatable bonds is 11. The molecule has 0 amide bonds. The van der Waals surface area contributed by atoms with Gasteiger partial charge in [-0.1, -0.05) is 222 Å². The molecule has 77 heavy (non-hydrogen) atoms. The van der Waals surface area contributed by atoms with Gasteiger partial charge in [0.2, 0.25) is 0 Å². The number of benzene rings is 11. The molecule has 0 radical (unpaired) electrons. The average molecular weight is 989 g/mol. The molecular formula is C75H60N2. The predicted molar refractivity (Wildman–Crippen MR) is 325 cm³/mol.